The van der Waals surface area contributed by atoms with E-state index >= 15 is 0 Å². The van der Waals surface area contributed by atoms with Gasteiger partial charge >= 0.3 is 0 Å². The quantitative estimate of drug-likeness (QED) is 0.716. The van der Waals surface area contributed by atoms with E-state index in [0.717, 1.165) is 6.42 Å². The second-order valence-corrected chi connectivity index (χ2v) is 4.79. The number of hydrogen-bond acceptors (Lipinski definition) is 3. The molecular formula is C14H30O3. The number of ether oxygens (including phenoxy) is 3. The van der Waals surface area contributed by atoms with Crippen molar-refractivity contribution in [2.75, 3.05) is 7.11 Å². The van der Waals surface area contributed by atoms with Crippen LogP contribution in [0.1, 0.15) is 54.4 Å². The second-order valence-electron chi connectivity index (χ2n) is 4.79. The summed E-state index contributed by atoms with van der Waals surface area (Å²) < 4.78 is 14.9. The highest BCUT2D eigenvalue weighted by atomic mass is 16.6. The van der Waals surface area contributed by atoms with Crippen LogP contribution < -0.4 is 0 Å². The first-order valence-corrected chi connectivity index (χ1v) is 6.79. The van der Waals surface area contributed by atoms with Gasteiger partial charge in [0.2, 0.25) is 0 Å². The minimum Gasteiger partial charge on any atom is -0.382 e. The summed E-state index contributed by atoms with van der Waals surface area (Å²) in [5, 5.41) is 0. The summed E-state index contributed by atoms with van der Waals surface area (Å²) in [7, 11) is 1.73. The van der Waals surface area contributed by atoms with Gasteiger partial charge in [-0.1, -0.05) is 13.8 Å². The molecule has 5 atom stereocenters. The Morgan fingerprint density at radius 2 is 1.41 bits per heavy atom. The Morgan fingerprint density at radius 1 is 1.00 bits per heavy atom. The Labute approximate surface area is 107 Å². The number of methoxy groups -OCH3 is 1. The van der Waals surface area contributed by atoms with Crippen molar-refractivity contribution in [2.45, 2.75) is 84.9 Å². The molecule has 2 fully saturated rings. The third-order valence-electron chi connectivity index (χ3n) is 3.23. The number of hydrogen-bond donors (Lipinski definition) is 0. The summed E-state index contributed by atoms with van der Waals surface area (Å²) >= 11 is 0. The minimum absolute atomic E-state index is 0.435. The molecule has 0 amide bonds. The summed E-state index contributed by atoms with van der Waals surface area (Å²) in [4.78, 5) is 0. The first kappa shape index (κ1) is 16.9. The van der Waals surface area contributed by atoms with Crippen LogP contribution in [0.3, 0.4) is 0 Å². The third-order valence-corrected chi connectivity index (χ3v) is 3.23. The predicted octanol–water partition coefficient (Wildman–Crippen LogP) is 3.41. The van der Waals surface area contributed by atoms with E-state index in [4.69, 9.17) is 14.2 Å². The van der Waals surface area contributed by atoms with Gasteiger partial charge in [0.1, 0.15) is 0 Å². The largest absolute Gasteiger partial charge is 0.382 e. The Bertz CT molecular complexity index is 168. The van der Waals surface area contributed by atoms with Crippen LogP contribution in [0.25, 0.3) is 0 Å². The monoisotopic (exact) mass is 246 g/mol. The van der Waals surface area contributed by atoms with Gasteiger partial charge in [-0.25, -0.2) is 0 Å². The molecule has 2 saturated heterocycles. The Hall–Kier alpha value is -0.120. The van der Waals surface area contributed by atoms with E-state index in [0.29, 0.717) is 30.5 Å². The molecule has 3 nitrogen and oxygen atoms in total. The van der Waals surface area contributed by atoms with E-state index in [9.17, 15) is 0 Å². The summed E-state index contributed by atoms with van der Waals surface area (Å²) in [5.41, 5.74) is 0. The highest BCUT2D eigenvalue weighted by Crippen LogP contribution is 2.23. The molecule has 17 heavy (non-hydrogen) atoms. The topological polar surface area (TPSA) is 34.3 Å². The van der Waals surface area contributed by atoms with Crippen LogP contribution in [-0.4, -0.2) is 37.6 Å². The van der Waals surface area contributed by atoms with E-state index in [-0.39, 0.29) is 0 Å². The molecule has 5 unspecified atom stereocenters. The van der Waals surface area contributed by atoms with E-state index in [1.807, 2.05) is 0 Å². The number of rotatable bonds is 3. The van der Waals surface area contributed by atoms with Gasteiger partial charge in [0.05, 0.1) is 30.5 Å². The molecule has 3 heteroatoms. The maximum atomic E-state index is 5.07. The van der Waals surface area contributed by atoms with Crippen molar-refractivity contribution in [1.82, 2.24) is 0 Å². The lowest BCUT2D eigenvalue weighted by Gasteiger charge is -2.01. The van der Waals surface area contributed by atoms with Crippen LogP contribution in [0.15, 0.2) is 0 Å². The van der Waals surface area contributed by atoms with Crippen LogP contribution in [0.2, 0.25) is 0 Å². The minimum atomic E-state index is 0.435. The second kappa shape index (κ2) is 8.90. The van der Waals surface area contributed by atoms with Gasteiger partial charge in [-0.15, -0.1) is 0 Å². The van der Waals surface area contributed by atoms with Gasteiger partial charge < -0.3 is 14.2 Å². The van der Waals surface area contributed by atoms with E-state index < -0.39 is 0 Å². The fraction of sp³-hybridized carbons (Fsp3) is 1.00. The van der Waals surface area contributed by atoms with Gasteiger partial charge in [-0.3, -0.25) is 0 Å². The van der Waals surface area contributed by atoms with Crippen molar-refractivity contribution in [3.05, 3.63) is 0 Å². The summed E-state index contributed by atoms with van der Waals surface area (Å²) in [6, 6.07) is 0. The molecule has 104 valence electrons. The molecule has 0 aromatic rings. The van der Waals surface area contributed by atoms with E-state index in [2.05, 4.69) is 41.5 Å². The van der Waals surface area contributed by atoms with Crippen molar-refractivity contribution in [1.29, 1.82) is 0 Å². The van der Waals surface area contributed by atoms with Gasteiger partial charge in [-0.05, 0) is 40.5 Å². The molecule has 0 spiro atoms. The zero-order valence-corrected chi connectivity index (χ0v) is 12.5. The van der Waals surface area contributed by atoms with Crippen LogP contribution in [-0.2, 0) is 14.2 Å². The Balaban J connectivity index is 0.000000227. The molecule has 0 bridgehead atoms. The average Bonchev–Trinajstić information content (AvgIpc) is 3.21. The Morgan fingerprint density at radius 3 is 1.41 bits per heavy atom. The third kappa shape index (κ3) is 9.57. The van der Waals surface area contributed by atoms with Crippen LogP contribution in [0.5, 0.6) is 0 Å². The molecule has 2 heterocycles. The molecule has 0 aromatic heterocycles. The first-order valence-electron chi connectivity index (χ1n) is 6.79. The van der Waals surface area contributed by atoms with Crippen LogP contribution in [0, 0.1) is 0 Å². The molecule has 0 N–H and O–H groups in total. The summed E-state index contributed by atoms with van der Waals surface area (Å²) in [5.74, 6) is 0. The van der Waals surface area contributed by atoms with Gasteiger partial charge in [0, 0.05) is 7.11 Å². The summed E-state index contributed by atoms with van der Waals surface area (Å²) in [6.45, 7) is 12.6. The molecule has 2 aliphatic rings. The lowest BCUT2D eigenvalue weighted by molar-refractivity contribution is 0.115. The molecule has 2 aliphatic heterocycles. The van der Waals surface area contributed by atoms with Gasteiger partial charge in [0.25, 0.3) is 0 Å². The molecule has 0 aliphatic carbocycles. The highest BCUT2D eigenvalue weighted by molar-refractivity contribution is 4.77. The lowest BCUT2D eigenvalue weighted by atomic mass is 10.3. The normalized spacial score (nSPS) is 34.8. The van der Waals surface area contributed by atoms with Crippen molar-refractivity contribution in [3.63, 3.8) is 0 Å². The fourth-order valence-electron chi connectivity index (χ4n) is 1.12. The number of epoxide rings is 2. The van der Waals surface area contributed by atoms with E-state index in [1.54, 1.807) is 7.11 Å². The van der Waals surface area contributed by atoms with Crippen molar-refractivity contribution in [3.8, 4) is 0 Å². The zero-order valence-electron chi connectivity index (χ0n) is 12.5. The maximum Gasteiger partial charge on any atom is 0.0836 e. The van der Waals surface area contributed by atoms with Crippen molar-refractivity contribution >= 4 is 0 Å². The average molecular weight is 246 g/mol. The molecule has 0 saturated carbocycles. The smallest absolute Gasteiger partial charge is 0.0836 e. The SMILES string of the molecule is CC1OC1C.CCC(C)OC.CCC1OC1C. The predicted molar refractivity (Wildman–Crippen MR) is 71.4 cm³/mol. The molecule has 0 radical (unpaired) electrons. The van der Waals surface area contributed by atoms with Gasteiger partial charge in [0.15, 0.2) is 0 Å². The van der Waals surface area contributed by atoms with E-state index in [1.165, 1.54) is 6.42 Å². The zero-order chi connectivity index (χ0) is 13.4. The standard InChI is InChI=1S/C5H10O.C5H12O.C4H8O/c1-3-5-4(2)6-5;1-4-5(2)6-3;1-3-4(2)5-3/h4-5H,3H2,1-2H3;5H,4H2,1-3H3;3-4H,1-2H3. The van der Waals surface area contributed by atoms with Crippen molar-refractivity contribution in [2.24, 2.45) is 0 Å². The van der Waals surface area contributed by atoms with Gasteiger partial charge in [-0.2, -0.15) is 0 Å². The van der Waals surface area contributed by atoms with Crippen LogP contribution in [0.4, 0.5) is 0 Å². The molecule has 2 rings (SSSR count). The maximum absolute atomic E-state index is 5.07. The first-order chi connectivity index (χ1) is 7.96. The fourth-order valence-corrected chi connectivity index (χ4v) is 1.12. The van der Waals surface area contributed by atoms with Crippen LogP contribution >= 0.6 is 0 Å². The Kier molecular flexibility index (Phi) is 8.83. The highest BCUT2D eigenvalue weighted by Gasteiger charge is 2.31. The lowest BCUT2D eigenvalue weighted by Crippen LogP contribution is -2.00. The molecular weight excluding hydrogens is 216 g/mol. The molecule has 0 aromatic carbocycles. The van der Waals surface area contributed by atoms with Crippen molar-refractivity contribution < 1.29 is 14.2 Å². The summed E-state index contributed by atoms with van der Waals surface area (Å²) in [6.07, 6.45) is 4.99.